The zero-order valence-electron chi connectivity index (χ0n) is 14.2. The molecule has 0 bridgehead atoms. The third kappa shape index (κ3) is 4.49. The lowest BCUT2D eigenvalue weighted by molar-refractivity contribution is 0.194. The predicted octanol–water partition coefficient (Wildman–Crippen LogP) is 3.78. The van der Waals surface area contributed by atoms with Crippen molar-refractivity contribution < 1.29 is 14.2 Å². The number of thiazole rings is 1. The molecule has 0 spiro atoms. The standard InChI is InChI=1S/C19H19FN2O3S/c1-2-12-5-8-16(21-10-12)15(20)11-25-14-6-3-13(4-7-14)9-17-18(23)22-19(24)26-17/h3-8,10,15,23H,2,9,11H2,1H3,(H,22,24)/t15-/m0/s1. The fraction of sp³-hybridized carbons (Fsp3) is 0.263. The summed E-state index contributed by atoms with van der Waals surface area (Å²) in [6, 6.07) is 10.7. The van der Waals surface area contributed by atoms with Gasteiger partial charge in [-0.3, -0.25) is 14.8 Å². The molecular weight excluding hydrogens is 355 g/mol. The molecule has 1 atom stereocenters. The van der Waals surface area contributed by atoms with Crippen LogP contribution in [0.1, 0.15) is 34.8 Å². The minimum absolute atomic E-state index is 0.0952. The molecule has 0 saturated carbocycles. The zero-order valence-corrected chi connectivity index (χ0v) is 15.1. The molecule has 3 rings (SSSR count). The number of aromatic nitrogens is 2. The average molecular weight is 374 g/mol. The van der Waals surface area contributed by atoms with Gasteiger partial charge in [-0.25, -0.2) is 4.39 Å². The highest BCUT2D eigenvalue weighted by Crippen LogP contribution is 2.23. The number of rotatable bonds is 7. The van der Waals surface area contributed by atoms with Gasteiger partial charge in [0.15, 0.2) is 6.17 Å². The highest BCUT2D eigenvalue weighted by Gasteiger charge is 2.13. The summed E-state index contributed by atoms with van der Waals surface area (Å²) in [6.07, 6.45) is 1.69. The molecule has 0 unspecified atom stereocenters. The van der Waals surface area contributed by atoms with Gasteiger partial charge in [-0.2, -0.15) is 0 Å². The van der Waals surface area contributed by atoms with Crippen LogP contribution in [0.15, 0.2) is 47.4 Å². The van der Waals surface area contributed by atoms with Crippen LogP contribution in [0.2, 0.25) is 0 Å². The molecule has 0 amide bonds. The van der Waals surface area contributed by atoms with Crippen LogP contribution in [-0.4, -0.2) is 21.7 Å². The van der Waals surface area contributed by atoms with Gasteiger partial charge in [-0.1, -0.05) is 36.5 Å². The Hall–Kier alpha value is -2.67. The van der Waals surface area contributed by atoms with Crippen LogP contribution in [0.4, 0.5) is 4.39 Å². The van der Waals surface area contributed by atoms with E-state index in [-0.39, 0.29) is 17.4 Å². The summed E-state index contributed by atoms with van der Waals surface area (Å²) in [5, 5.41) is 9.62. The molecule has 2 aromatic heterocycles. The Kier molecular flexibility index (Phi) is 5.68. The Balaban J connectivity index is 1.56. The van der Waals surface area contributed by atoms with E-state index < -0.39 is 6.17 Å². The molecule has 0 fully saturated rings. The summed E-state index contributed by atoms with van der Waals surface area (Å²) >= 11 is 0.979. The number of nitrogens with zero attached hydrogens (tertiary/aromatic N) is 1. The van der Waals surface area contributed by atoms with Crippen LogP contribution in [0.25, 0.3) is 0 Å². The molecule has 0 aliphatic heterocycles. The topological polar surface area (TPSA) is 75.2 Å². The fourth-order valence-corrected chi connectivity index (χ4v) is 3.20. The van der Waals surface area contributed by atoms with E-state index in [0.717, 1.165) is 28.9 Å². The second kappa shape index (κ2) is 8.14. The quantitative estimate of drug-likeness (QED) is 0.660. The molecule has 0 aliphatic rings. The number of nitrogens with one attached hydrogen (secondary N) is 1. The Morgan fingerprint density at radius 2 is 1.96 bits per heavy atom. The molecule has 136 valence electrons. The second-order valence-corrected chi connectivity index (χ2v) is 6.90. The number of aryl methyl sites for hydroxylation is 1. The Morgan fingerprint density at radius 3 is 2.54 bits per heavy atom. The third-order valence-corrected chi connectivity index (χ3v) is 4.83. The highest BCUT2D eigenvalue weighted by molar-refractivity contribution is 7.09. The van der Waals surface area contributed by atoms with Gasteiger partial charge < -0.3 is 9.84 Å². The summed E-state index contributed by atoms with van der Waals surface area (Å²) in [5.74, 6) is 0.454. The largest absolute Gasteiger partial charge is 0.494 e. The van der Waals surface area contributed by atoms with Crippen molar-refractivity contribution in [3.63, 3.8) is 0 Å². The molecule has 0 radical (unpaired) electrons. The summed E-state index contributed by atoms with van der Waals surface area (Å²) in [4.78, 5) is 18.0. The third-order valence-electron chi connectivity index (χ3n) is 3.96. The van der Waals surface area contributed by atoms with Gasteiger partial charge in [-0.15, -0.1) is 0 Å². The van der Waals surface area contributed by atoms with Gasteiger partial charge in [0, 0.05) is 12.6 Å². The van der Waals surface area contributed by atoms with Gasteiger partial charge in [0.1, 0.15) is 12.4 Å². The summed E-state index contributed by atoms with van der Waals surface area (Å²) in [7, 11) is 0. The lowest BCUT2D eigenvalue weighted by Crippen LogP contribution is -2.07. The van der Waals surface area contributed by atoms with Crippen molar-refractivity contribution in [3.8, 4) is 11.6 Å². The van der Waals surface area contributed by atoms with Crippen LogP contribution in [0.3, 0.4) is 0 Å². The molecule has 7 heteroatoms. The van der Waals surface area contributed by atoms with Crippen molar-refractivity contribution >= 4 is 11.3 Å². The first-order valence-electron chi connectivity index (χ1n) is 8.26. The molecule has 2 heterocycles. The van der Waals surface area contributed by atoms with E-state index >= 15 is 0 Å². The van der Waals surface area contributed by atoms with E-state index in [0.29, 0.717) is 22.7 Å². The first-order valence-corrected chi connectivity index (χ1v) is 9.08. The van der Waals surface area contributed by atoms with Crippen LogP contribution in [0.5, 0.6) is 11.6 Å². The zero-order chi connectivity index (χ0) is 18.5. The normalized spacial score (nSPS) is 12.1. The van der Waals surface area contributed by atoms with Crippen LogP contribution < -0.4 is 9.61 Å². The first-order chi connectivity index (χ1) is 12.5. The predicted molar refractivity (Wildman–Crippen MR) is 98.8 cm³/mol. The van der Waals surface area contributed by atoms with E-state index in [9.17, 15) is 14.3 Å². The van der Waals surface area contributed by atoms with Gasteiger partial charge in [0.2, 0.25) is 5.88 Å². The molecule has 1 aromatic carbocycles. The highest BCUT2D eigenvalue weighted by atomic mass is 32.1. The number of aromatic amines is 1. The maximum absolute atomic E-state index is 14.2. The Labute approximate surface area is 154 Å². The van der Waals surface area contributed by atoms with E-state index in [1.54, 1.807) is 24.4 Å². The van der Waals surface area contributed by atoms with Crippen LogP contribution >= 0.6 is 11.3 Å². The first kappa shape index (κ1) is 18.1. The van der Waals surface area contributed by atoms with Crippen molar-refractivity contribution in [3.05, 3.63) is 74.0 Å². The van der Waals surface area contributed by atoms with Gasteiger partial charge in [-0.05, 0) is 35.7 Å². The average Bonchev–Trinajstić information content (AvgIpc) is 2.98. The number of hydrogen-bond donors (Lipinski definition) is 2. The number of ether oxygens (including phenoxy) is 1. The van der Waals surface area contributed by atoms with Crippen molar-refractivity contribution in [1.82, 2.24) is 9.97 Å². The molecule has 0 aliphatic carbocycles. The molecular formula is C19H19FN2O3S. The second-order valence-electron chi connectivity index (χ2n) is 5.83. The van der Waals surface area contributed by atoms with Crippen molar-refractivity contribution in [2.24, 2.45) is 0 Å². The molecule has 26 heavy (non-hydrogen) atoms. The number of H-pyrrole nitrogens is 1. The van der Waals surface area contributed by atoms with Gasteiger partial charge in [0.05, 0.1) is 10.6 Å². The Morgan fingerprint density at radius 1 is 1.23 bits per heavy atom. The summed E-state index contributed by atoms with van der Waals surface area (Å²) in [6.45, 7) is 1.91. The molecule has 3 aromatic rings. The van der Waals surface area contributed by atoms with Crippen molar-refractivity contribution in [2.75, 3.05) is 6.61 Å². The van der Waals surface area contributed by atoms with E-state index in [1.165, 1.54) is 0 Å². The monoisotopic (exact) mass is 374 g/mol. The van der Waals surface area contributed by atoms with Gasteiger partial charge >= 0.3 is 4.87 Å². The van der Waals surface area contributed by atoms with E-state index in [1.807, 2.05) is 25.1 Å². The number of aromatic hydroxyl groups is 1. The maximum Gasteiger partial charge on any atom is 0.307 e. The number of halogens is 1. The summed E-state index contributed by atoms with van der Waals surface area (Å²) < 4.78 is 19.7. The lowest BCUT2D eigenvalue weighted by Gasteiger charge is -2.11. The summed E-state index contributed by atoms with van der Waals surface area (Å²) in [5.41, 5.74) is 2.34. The lowest BCUT2D eigenvalue weighted by atomic mass is 10.1. The van der Waals surface area contributed by atoms with E-state index in [4.69, 9.17) is 4.74 Å². The minimum Gasteiger partial charge on any atom is -0.494 e. The van der Waals surface area contributed by atoms with Gasteiger partial charge in [0.25, 0.3) is 0 Å². The Bertz CT molecular complexity index is 904. The van der Waals surface area contributed by atoms with Crippen LogP contribution in [0, 0.1) is 0 Å². The molecule has 0 saturated heterocycles. The smallest absolute Gasteiger partial charge is 0.307 e. The maximum atomic E-state index is 14.2. The van der Waals surface area contributed by atoms with Crippen molar-refractivity contribution in [2.45, 2.75) is 25.9 Å². The minimum atomic E-state index is -1.30. The number of alkyl halides is 1. The molecule has 2 N–H and O–H groups in total. The number of benzene rings is 1. The number of hydrogen-bond acceptors (Lipinski definition) is 5. The van der Waals surface area contributed by atoms with Crippen LogP contribution in [-0.2, 0) is 12.8 Å². The van der Waals surface area contributed by atoms with Crippen molar-refractivity contribution in [1.29, 1.82) is 0 Å². The SMILES string of the molecule is CCc1ccc([C@@H](F)COc2ccc(Cc3sc(=O)[nH]c3O)cc2)nc1. The fourth-order valence-electron chi connectivity index (χ4n) is 2.45. The molecule has 5 nitrogen and oxygen atoms in total. The number of pyridine rings is 1. The van der Waals surface area contributed by atoms with E-state index in [2.05, 4.69) is 9.97 Å².